The van der Waals surface area contributed by atoms with Gasteiger partial charge in [-0.1, -0.05) is 47.5 Å². The molecule has 0 spiro atoms. The maximum absolute atomic E-state index is 6.23. The molecular weight excluding hydrogens is 421 g/mol. The highest BCUT2D eigenvalue weighted by atomic mass is 35.5. The van der Waals surface area contributed by atoms with Gasteiger partial charge in [0.25, 0.3) is 0 Å². The largest absolute Gasteiger partial charge is 0.368 e. The molecular formula is C21H19Cl2N7. The van der Waals surface area contributed by atoms with E-state index in [1.54, 1.807) is 6.20 Å². The topological polar surface area (TPSA) is 87.0 Å². The quantitative estimate of drug-likeness (QED) is 0.495. The fourth-order valence-electron chi connectivity index (χ4n) is 3.88. The van der Waals surface area contributed by atoms with E-state index < -0.39 is 0 Å². The number of nitrogens with one attached hydrogen (secondary N) is 1. The summed E-state index contributed by atoms with van der Waals surface area (Å²) in [5.41, 5.74) is 10.1. The minimum atomic E-state index is 0.229. The summed E-state index contributed by atoms with van der Waals surface area (Å²) in [7, 11) is 0. The number of halogens is 2. The number of rotatable bonds is 3. The van der Waals surface area contributed by atoms with E-state index in [1.165, 1.54) is 11.3 Å². The van der Waals surface area contributed by atoms with Gasteiger partial charge < -0.3 is 15.5 Å². The number of fused-ring (bicyclic) bond motifs is 2. The van der Waals surface area contributed by atoms with Crippen LogP contribution in [0.4, 0.5) is 17.5 Å². The van der Waals surface area contributed by atoms with Crippen LogP contribution in [-0.4, -0.2) is 33.3 Å². The maximum Gasteiger partial charge on any atom is 0.224 e. The van der Waals surface area contributed by atoms with E-state index in [0.29, 0.717) is 22.2 Å². The number of nitrogens with two attached hydrogens (primary N) is 1. The van der Waals surface area contributed by atoms with Crippen LogP contribution in [-0.2, 0) is 13.1 Å². The van der Waals surface area contributed by atoms with Gasteiger partial charge in [0.1, 0.15) is 5.82 Å². The first kappa shape index (κ1) is 19.0. The van der Waals surface area contributed by atoms with Crippen molar-refractivity contribution in [3.8, 4) is 0 Å². The molecule has 0 bridgehead atoms. The first-order valence-corrected chi connectivity index (χ1v) is 10.3. The second kappa shape index (κ2) is 7.66. The molecule has 9 heteroatoms. The molecule has 0 amide bonds. The molecule has 0 aliphatic carbocycles. The molecule has 0 saturated heterocycles. The van der Waals surface area contributed by atoms with Gasteiger partial charge in [-0.15, -0.1) is 0 Å². The fraction of sp³-hybridized carbons (Fsp3) is 0.190. The lowest BCUT2D eigenvalue weighted by atomic mass is 10.1. The predicted octanol–water partition coefficient (Wildman–Crippen LogP) is 4.27. The summed E-state index contributed by atoms with van der Waals surface area (Å²) in [6.07, 6.45) is 1.74. The van der Waals surface area contributed by atoms with Crippen molar-refractivity contribution in [3.63, 3.8) is 0 Å². The Balaban J connectivity index is 1.50. The fourth-order valence-corrected chi connectivity index (χ4v) is 4.20. The Morgan fingerprint density at radius 2 is 1.90 bits per heavy atom. The summed E-state index contributed by atoms with van der Waals surface area (Å²) in [5, 5.41) is 8.98. The molecule has 3 heterocycles. The Bertz CT molecular complexity index is 1220. The SMILES string of the molecule is Nc1nc(N2CCN(Cc3ccc(Cl)c(Cl)c3)c3ccccc3C2)c2cn[nH]c2n1. The van der Waals surface area contributed by atoms with Crippen molar-refractivity contribution < 1.29 is 0 Å². The highest BCUT2D eigenvalue weighted by molar-refractivity contribution is 6.42. The number of benzene rings is 2. The number of hydrogen-bond donors (Lipinski definition) is 2. The number of para-hydroxylation sites is 1. The number of aromatic nitrogens is 4. The van der Waals surface area contributed by atoms with Crippen molar-refractivity contribution in [1.82, 2.24) is 20.2 Å². The third-order valence-electron chi connectivity index (χ3n) is 5.30. The number of anilines is 3. The normalized spacial score (nSPS) is 14.1. The van der Waals surface area contributed by atoms with Crippen LogP contribution < -0.4 is 15.5 Å². The van der Waals surface area contributed by atoms with E-state index in [9.17, 15) is 0 Å². The number of H-pyrrole nitrogens is 1. The second-order valence-electron chi connectivity index (χ2n) is 7.26. The van der Waals surface area contributed by atoms with Gasteiger partial charge >= 0.3 is 0 Å². The number of nitrogen functional groups attached to an aromatic ring is 1. The third-order valence-corrected chi connectivity index (χ3v) is 6.04. The molecule has 2 aromatic carbocycles. The Kier molecular flexibility index (Phi) is 4.84. The van der Waals surface area contributed by atoms with Crippen LogP contribution in [0.2, 0.25) is 10.0 Å². The molecule has 1 aliphatic heterocycles. The van der Waals surface area contributed by atoms with Crippen molar-refractivity contribution in [2.75, 3.05) is 28.6 Å². The first-order valence-electron chi connectivity index (χ1n) is 9.57. The molecule has 0 fully saturated rings. The summed E-state index contributed by atoms with van der Waals surface area (Å²) in [6.45, 7) is 3.02. The highest BCUT2D eigenvalue weighted by Gasteiger charge is 2.23. The van der Waals surface area contributed by atoms with Gasteiger partial charge in [-0.3, -0.25) is 5.10 Å². The van der Waals surface area contributed by atoms with Crippen LogP contribution >= 0.6 is 23.2 Å². The molecule has 7 nitrogen and oxygen atoms in total. The number of nitrogens with zero attached hydrogens (tertiary/aromatic N) is 5. The molecule has 3 N–H and O–H groups in total. The number of aromatic amines is 1. The van der Waals surface area contributed by atoms with E-state index in [1.807, 2.05) is 18.2 Å². The summed E-state index contributed by atoms with van der Waals surface area (Å²) < 4.78 is 0. The zero-order chi connectivity index (χ0) is 20.7. The van der Waals surface area contributed by atoms with E-state index in [0.717, 1.165) is 36.4 Å². The van der Waals surface area contributed by atoms with Crippen LogP contribution in [0.3, 0.4) is 0 Å². The lowest BCUT2D eigenvalue weighted by Gasteiger charge is -2.25. The third kappa shape index (κ3) is 3.51. The Hall–Kier alpha value is -3.03. The maximum atomic E-state index is 6.23. The predicted molar refractivity (Wildman–Crippen MR) is 121 cm³/mol. The molecule has 30 heavy (non-hydrogen) atoms. The molecule has 1 aliphatic rings. The number of hydrogen-bond acceptors (Lipinski definition) is 6. The molecule has 5 rings (SSSR count). The summed E-state index contributed by atoms with van der Waals surface area (Å²) >= 11 is 12.3. The molecule has 152 valence electrons. The average molecular weight is 440 g/mol. The zero-order valence-electron chi connectivity index (χ0n) is 16.0. The molecule has 0 atom stereocenters. The van der Waals surface area contributed by atoms with Gasteiger partial charge in [0.15, 0.2) is 5.65 Å². The monoisotopic (exact) mass is 439 g/mol. The van der Waals surface area contributed by atoms with Crippen LogP contribution in [0, 0.1) is 0 Å². The Labute approximate surface area is 183 Å². The van der Waals surface area contributed by atoms with E-state index in [2.05, 4.69) is 54.2 Å². The standard InChI is InChI=1S/C21H19Cl2N7/c22-16-6-5-13(9-17(16)23)11-29-7-8-30(12-14-3-1-2-4-18(14)29)20-15-10-25-28-19(15)26-21(24)27-20/h1-6,9-10H,7-8,11-12H2,(H3,24,25,26,27,28). The highest BCUT2D eigenvalue weighted by Crippen LogP contribution is 2.32. The van der Waals surface area contributed by atoms with Gasteiger partial charge in [0, 0.05) is 31.9 Å². The lowest BCUT2D eigenvalue weighted by Crippen LogP contribution is -2.31. The van der Waals surface area contributed by atoms with Crippen molar-refractivity contribution in [2.45, 2.75) is 13.1 Å². The molecule has 0 saturated carbocycles. The Morgan fingerprint density at radius 3 is 2.77 bits per heavy atom. The van der Waals surface area contributed by atoms with Crippen molar-refractivity contribution in [3.05, 3.63) is 69.8 Å². The minimum Gasteiger partial charge on any atom is -0.368 e. The lowest BCUT2D eigenvalue weighted by molar-refractivity contribution is 0.752. The first-order chi connectivity index (χ1) is 14.6. The van der Waals surface area contributed by atoms with Gasteiger partial charge in [-0.25, -0.2) is 0 Å². The summed E-state index contributed by atoms with van der Waals surface area (Å²) in [5.74, 6) is 1.02. The zero-order valence-corrected chi connectivity index (χ0v) is 17.5. The molecule has 0 unspecified atom stereocenters. The van der Waals surface area contributed by atoms with Crippen molar-refractivity contribution >= 4 is 51.7 Å². The van der Waals surface area contributed by atoms with Crippen molar-refractivity contribution in [1.29, 1.82) is 0 Å². The van der Waals surface area contributed by atoms with E-state index >= 15 is 0 Å². The Morgan fingerprint density at radius 1 is 1.03 bits per heavy atom. The minimum absolute atomic E-state index is 0.229. The van der Waals surface area contributed by atoms with Crippen LogP contribution in [0.5, 0.6) is 0 Å². The van der Waals surface area contributed by atoms with Gasteiger partial charge in [-0.05, 0) is 29.3 Å². The van der Waals surface area contributed by atoms with E-state index in [-0.39, 0.29) is 5.95 Å². The average Bonchev–Trinajstić information content (AvgIpc) is 3.13. The van der Waals surface area contributed by atoms with Gasteiger partial charge in [0.05, 0.1) is 21.6 Å². The van der Waals surface area contributed by atoms with Crippen molar-refractivity contribution in [2.24, 2.45) is 0 Å². The molecule has 0 radical (unpaired) electrons. The smallest absolute Gasteiger partial charge is 0.224 e. The van der Waals surface area contributed by atoms with Gasteiger partial charge in [-0.2, -0.15) is 15.1 Å². The van der Waals surface area contributed by atoms with E-state index in [4.69, 9.17) is 28.9 Å². The van der Waals surface area contributed by atoms with Crippen LogP contribution in [0.25, 0.3) is 11.0 Å². The molecule has 4 aromatic rings. The van der Waals surface area contributed by atoms with Gasteiger partial charge in [0.2, 0.25) is 5.95 Å². The summed E-state index contributed by atoms with van der Waals surface area (Å²) in [4.78, 5) is 13.3. The summed E-state index contributed by atoms with van der Waals surface area (Å²) in [6, 6.07) is 14.2. The second-order valence-corrected chi connectivity index (χ2v) is 8.07. The van der Waals surface area contributed by atoms with Crippen LogP contribution in [0.15, 0.2) is 48.7 Å². The van der Waals surface area contributed by atoms with Crippen LogP contribution in [0.1, 0.15) is 11.1 Å². The molecule has 2 aromatic heterocycles.